The number of benzene rings is 1. The highest BCUT2D eigenvalue weighted by Crippen LogP contribution is 2.40. The lowest BCUT2D eigenvalue weighted by Gasteiger charge is -2.05. The Morgan fingerprint density at radius 3 is 2.78 bits per heavy atom. The smallest absolute Gasteiger partial charge is 0.307 e. The fourth-order valence-corrected chi connectivity index (χ4v) is 2.67. The van der Waals surface area contributed by atoms with E-state index in [1.807, 2.05) is 12.1 Å². The summed E-state index contributed by atoms with van der Waals surface area (Å²) in [7, 11) is 0. The highest BCUT2D eigenvalue weighted by atomic mass is 16.4. The lowest BCUT2D eigenvalue weighted by molar-refractivity contribution is -0.139. The second-order valence-electron chi connectivity index (χ2n) is 6.18. The van der Waals surface area contributed by atoms with E-state index in [2.05, 4.69) is 20.5 Å². The molecule has 0 unspecified atom stereocenters. The van der Waals surface area contributed by atoms with Gasteiger partial charge in [-0.1, -0.05) is 12.1 Å². The number of aromatic nitrogens is 3. The van der Waals surface area contributed by atoms with E-state index in [0.717, 1.165) is 24.2 Å². The summed E-state index contributed by atoms with van der Waals surface area (Å²) in [5, 5.41) is 18.8. The molecule has 118 valence electrons. The molecule has 2 aromatic rings. The monoisotopic (exact) mass is 312 g/mol. The summed E-state index contributed by atoms with van der Waals surface area (Å²) >= 11 is 0. The number of carboxylic acids is 1. The minimum Gasteiger partial charge on any atom is -0.481 e. The number of aliphatic carboxylic acids is 1. The molecule has 0 saturated heterocycles. The van der Waals surface area contributed by atoms with Gasteiger partial charge in [-0.15, -0.1) is 0 Å². The Bertz CT molecular complexity index is 781. The molecule has 1 heterocycles. The quantitative estimate of drug-likeness (QED) is 0.782. The maximum atomic E-state index is 12.0. The van der Waals surface area contributed by atoms with E-state index in [-0.39, 0.29) is 5.91 Å². The molecule has 7 nitrogen and oxygen atoms in total. The van der Waals surface area contributed by atoms with E-state index >= 15 is 0 Å². The average Bonchev–Trinajstić information content (AvgIpc) is 3.45. The van der Waals surface area contributed by atoms with E-state index in [0.29, 0.717) is 23.9 Å². The molecule has 0 radical (unpaired) electrons. The van der Waals surface area contributed by atoms with Crippen LogP contribution in [0.5, 0.6) is 0 Å². The standard InChI is InChI=1S/C16H16N4O3/c21-15(11-7-12(11)16(22)23)17-10-3-1-2-9(6-10)14-18-13(19-20-14)8-4-5-8/h1-3,6,8,11-12H,4-5,7H2,(H,17,21)(H,22,23)(H,18,19,20)/t11-,12+/m0/s1. The molecule has 0 aliphatic heterocycles. The zero-order valence-electron chi connectivity index (χ0n) is 12.3. The average molecular weight is 312 g/mol. The first-order valence-electron chi connectivity index (χ1n) is 7.68. The third-order valence-electron chi connectivity index (χ3n) is 4.30. The lowest BCUT2D eigenvalue weighted by Crippen LogP contribution is -2.16. The summed E-state index contributed by atoms with van der Waals surface area (Å²) in [5.74, 6) is -0.111. The van der Waals surface area contributed by atoms with Gasteiger partial charge < -0.3 is 10.4 Å². The minimum atomic E-state index is -0.910. The molecule has 3 N–H and O–H groups in total. The number of hydrogen-bond donors (Lipinski definition) is 3. The van der Waals surface area contributed by atoms with Gasteiger partial charge in [0.1, 0.15) is 5.82 Å². The second-order valence-corrected chi connectivity index (χ2v) is 6.18. The van der Waals surface area contributed by atoms with E-state index < -0.39 is 17.8 Å². The Kier molecular flexibility index (Phi) is 3.14. The molecule has 0 spiro atoms. The number of hydrogen-bond acceptors (Lipinski definition) is 4. The van der Waals surface area contributed by atoms with Gasteiger partial charge in [0.15, 0.2) is 5.82 Å². The Morgan fingerprint density at radius 1 is 1.26 bits per heavy atom. The molecule has 2 atom stereocenters. The number of nitrogens with one attached hydrogen (secondary N) is 2. The van der Waals surface area contributed by atoms with Crippen molar-refractivity contribution in [3.63, 3.8) is 0 Å². The number of aromatic amines is 1. The van der Waals surface area contributed by atoms with Gasteiger partial charge in [-0.05, 0) is 31.4 Å². The summed E-state index contributed by atoms with van der Waals surface area (Å²) in [6.07, 6.45) is 2.71. The van der Waals surface area contributed by atoms with Crippen molar-refractivity contribution in [1.29, 1.82) is 0 Å². The van der Waals surface area contributed by atoms with Crippen molar-refractivity contribution in [3.8, 4) is 11.4 Å². The molecule has 2 aliphatic carbocycles. The first kappa shape index (κ1) is 13.9. The number of carbonyl (C=O) groups excluding carboxylic acids is 1. The zero-order chi connectivity index (χ0) is 16.0. The zero-order valence-corrected chi connectivity index (χ0v) is 12.3. The van der Waals surface area contributed by atoms with Gasteiger partial charge in [0.2, 0.25) is 5.91 Å². The predicted molar refractivity (Wildman–Crippen MR) is 81.7 cm³/mol. The van der Waals surface area contributed by atoms with Gasteiger partial charge in [-0.25, -0.2) is 4.98 Å². The predicted octanol–water partition coefficient (Wildman–Crippen LogP) is 2.01. The van der Waals surface area contributed by atoms with Crippen molar-refractivity contribution in [2.75, 3.05) is 5.32 Å². The van der Waals surface area contributed by atoms with Crippen LogP contribution in [0.1, 0.15) is 31.0 Å². The van der Waals surface area contributed by atoms with Crippen LogP contribution in [-0.4, -0.2) is 32.2 Å². The van der Waals surface area contributed by atoms with Crippen LogP contribution in [-0.2, 0) is 9.59 Å². The topological polar surface area (TPSA) is 108 Å². The van der Waals surface area contributed by atoms with Crippen molar-refractivity contribution in [1.82, 2.24) is 15.2 Å². The number of carboxylic acid groups (broad SMARTS) is 1. The fraction of sp³-hybridized carbons (Fsp3) is 0.375. The molecule has 1 amide bonds. The molecular weight excluding hydrogens is 296 g/mol. The Labute approximate surface area is 132 Å². The molecule has 1 aromatic heterocycles. The van der Waals surface area contributed by atoms with Crippen LogP contribution >= 0.6 is 0 Å². The molecule has 7 heteroatoms. The molecule has 2 aliphatic rings. The number of carbonyl (C=O) groups is 2. The Hall–Kier alpha value is -2.70. The highest BCUT2D eigenvalue weighted by Gasteiger charge is 2.48. The van der Waals surface area contributed by atoms with Gasteiger partial charge >= 0.3 is 5.97 Å². The van der Waals surface area contributed by atoms with Crippen molar-refractivity contribution in [3.05, 3.63) is 30.1 Å². The van der Waals surface area contributed by atoms with Crippen molar-refractivity contribution in [2.24, 2.45) is 11.8 Å². The summed E-state index contributed by atoms with van der Waals surface area (Å²) in [6.45, 7) is 0. The molecule has 2 fully saturated rings. The van der Waals surface area contributed by atoms with Crippen molar-refractivity contribution >= 4 is 17.6 Å². The summed E-state index contributed by atoms with van der Waals surface area (Å²) in [5.41, 5.74) is 1.44. The van der Waals surface area contributed by atoms with Gasteiger partial charge in [-0.2, -0.15) is 5.10 Å². The fourth-order valence-electron chi connectivity index (χ4n) is 2.67. The minimum absolute atomic E-state index is 0.247. The molecule has 0 bridgehead atoms. The van der Waals surface area contributed by atoms with Crippen LogP contribution in [0.3, 0.4) is 0 Å². The largest absolute Gasteiger partial charge is 0.481 e. The first-order valence-corrected chi connectivity index (χ1v) is 7.68. The Balaban J connectivity index is 1.47. The molecule has 2 saturated carbocycles. The van der Waals surface area contributed by atoms with Crippen LogP contribution < -0.4 is 5.32 Å². The van der Waals surface area contributed by atoms with Gasteiger partial charge in [0.05, 0.1) is 11.8 Å². The van der Waals surface area contributed by atoms with Gasteiger partial charge in [0.25, 0.3) is 0 Å². The van der Waals surface area contributed by atoms with E-state index in [4.69, 9.17) is 5.11 Å². The Morgan fingerprint density at radius 2 is 2.09 bits per heavy atom. The maximum Gasteiger partial charge on any atom is 0.307 e. The highest BCUT2D eigenvalue weighted by molar-refractivity contribution is 5.98. The van der Waals surface area contributed by atoms with Crippen LogP contribution in [0.4, 0.5) is 5.69 Å². The number of H-pyrrole nitrogens is 1. The van der Waals surface area contributed by atoms with Crippen LogP contribution in [0.15, 0.2) is 24.3 Å². The molecule has 4 rings (SSSR count). The summed E-state index contributed by atoms with van der Waals surface area (Å²) < 4.78 is 0. The third-order valence-corrected chi connectivity index (χ3v) is 4.30. The summed E-state index contributed by atoms with van der Waals surface area (Å²) in [4.78, 5) is 27.3. The number of rotatable bonds is 5. The molecule has 1 aromatic carbocycles. The van der Waals surface area contributed by atoms with Crippen molar-refractivity contribution < 1.29 is 14.7 Å². The summed E-state index contributed by atoms with van der Waals surface area (Å²) in [6, 6.07) is 7.27. The number of anilines is 1. The number of amides is 1. The van der Waals surface area contributed by atoms with E-state index in [1.54, 1.807) is 12.1 Å². The molecule has 23 heavy (non-hydrogen) atoms. The SMILES string of the molecule is O=C(Nc1cccc(-c2n[nH]c(C3CC3)n2)c1)[C@H]1C[C@H]1C(=O)O. The van der Waals surface area contributed by atoms with Crippen LogP contribution in [0.25, 0.3) is 11.4 Å². The first-order chi connectivity index (χ1) is 11.1. The van der Waals surface area contributed by atoms with Gasteiger partial charge in [-0.3, -0.25) is 14.7 Å². The van der Waals surface area contributed by atoms with Gasteiger partial charge in [0, 0.05) is 17.2 Å². The lowest BCUT2D eigenvalue weighted by atomic mass is 10.2. The van der Waals surface area contributed by atoms with E-state index in [9.17, 15) is 9.59 Å². The normalized spacial score (nSPS) is 22.6. The van der Waals surface area contributed by atoms with Crippen LogP contribution in [0, 0.1) is 11.8 Å². The van der Waals surface area contributed by atoms with Crippen LogP contribution in [0.2, 0.25) is 0 Å². The molecular formula is C16H16N4O3. The van der Waals surface area contributed by atoms with Crippen molar-refractivity contribution in [2.45, 2.75) is 25.2 Å². The number of nitrogens with zero attached hydrogens (tertiary/aromatic N) is 2. The van der Waals surface area contributed by atoms with E-state index in [1.165, 1.54) is 0 Å². The second kappa shape index (κ2) is 5.19. The maximum absolute atomic E-state index is 12.0. The third kappa shape index (κ3) is 2.81.